The SMILES string of the molecule is O=C(Cc1ccccc1)OC1CCN2CC3CC(CN4C(=O)CCCC34)C2C1. The van der Waals surface area contributed by atoms with Crippen molar-refractivity contribution in [2.45, 2.75) is 63.1 Å². The zero-order valence-electron chi connectivity index (χ0n) is 16.5. The third kappa shape index (κ3) is 3.45. The maximum Gasteiger partial charge on any atom is 0.310 e. The van der Waals surface area contributed by atoms with Crippen LogP contribution in [0.3, 0.4) is 0 Å². The first-order valence-corrected chi connectivity index (χ1v) is 10.9. The summed E-state index contributed by atoms with van der Waals surface area (Å²) in [5.41, 5.74) is 1.01. The van der Waals surface area contributed by atoms with Crippen LogP contribution in [0.25, 0.3) is 0 Å². The van der Waals surface area contributed by atoms with Gasteiger partial charge in [0.1, 0.15) is 6.10 Å². The van der Waals surface area contributed by atoms with Gasteiger partial charge in [0.2, 0.25) is 5.91 Å². The van der Waals surface area contributed by atoms with E-state index in [4.69, 9.17) is 4.74 Å². The quantitative estimate of drug-likeness (QED) is 0.754. The van der Waals surface area contributed by atoms with E-state index in [-0.39, 0.29) is 12.1 Å². The van der Waals surface area contributed by atoms with E-state index in [0.717, 1.165) is 50.9 Å². The van der Waals surface area contributed by atoms with Gasteiger partial charge in [-0.1, -0.05) is 30.3 Å². The highest BCUT2D eigenvalue weighted by Crippen LogP contribution is 2.43. The standard InChI is InChI=1S/C23H30N2O3/c26-22-8-4-7-20-17-12-18(15-25(20)22)21-13-19(9-10-24(21)14-17)28-23(27)11-16-5-2-1-3-6-16/h1-3,5-6,17-21H,4,7-15H2. The lowest BCUT2D eigenvalue weighted by Gasteiger charge is -2.57. The summed E-state index contributed by atoms with van der Waals surface area (Å²) < 4.78 is 5.86. The summed E-state index contributed by atoms with van der Waals surface area (Å²) in [6, 6.07) is 10.7. The summed E-state index contributed by atoms with van der Waals surface area (Å²) in [6.07, 6.45) is 6.43. The molecule has 5 rings (SSSR count). The van der Waals surface area contributed by atoms with Crippen molar-refractivity contribution in [3.05, 3.63) is 35.9 Å². The van der Waals surface area contributed by atoms with E-state index in [0.29, 0.717) is 36.2 Å². The zero-order valence-corrected chi connectivity index (χ0v) is 16.5. The molecule has 0 saturated carbocycles. The number of carbonyl (C=O) groups is 2. The van der Waals surface area contributed by atoms with Crippen molar-refractivity contribution in [3.8, 4) is 0 Å². The highest BCUT2D eigenvalue weighted by atomic mass is 16.5. The summed E-state index contributed by atoms with van der Waals surface area (Å²) in [5.74, 6) is 1.42. The first-order chi connectivity index (χ1) is 13.7. The van der Waals surface area contributed by atoms with Gasteiger partial charge in [-0.15, -0.1) is 0 Å². The predicted molar refractivity (Wildman–Crippen MR) is 106 cm³/mol. The molecule has 4 aliphatic rings. The molecule has 0 aromatic heterocycles. The molecule has 5 heteroatoms. The number of benzene rings is 1. The van der Waals surface area contributed by atoms with E-state index in [9.17, 15) is 9.59 Å². The molecule has 28 heavy (non-hydrogen) atoms. The molecular formula is C23H30N2O3. The zero-order chi connectivity index (χ0) is 19.1. The molecule has 0 aliphatic carbocycles. The average Bonchev–Trinajstić information content (AvgIpc) is 2.70. The van der Waals surface area contributed by atoms with Crippen LogP contribution >= 0.6 is 0 Å². The maximum atomic E-state index is 12.4. The second-order valence-electron chi connectivity index (χ2n) is 9.12. The molecule has 1 aromatic rings. The van der Waals surface area contributed by atoms with Gasteiger partial charge in [-0.25, -0.2) is 0 Å². The summed E-state index contributed by atoms with van der Waals surface area (Å²) >= 11 is 0. The normalized spacial score (nSPS) is 35.1. The van der Waals surface area contributed by atoms with Crippen LogP contribution in [-0.2, 0) is 20.7 Å². The molecule has 0 radical (unpaired) electrons. The second kappa shape index (κ2) is 7.51. The van der Waals surface area contributed by atoms with Crippen LogP contribution in [-0.4, -0.2) is 59.5 Å². The van der Waals surface area contributed by atoms with Gasteiger partial charge in [-0.05, 0) is 43.1 Å². The fraction of sp³-hybridized carbons (Fsp3) is 0.652. The number of esters is 1. The number of piperidine rings is 4. The number of ether oxygens (including phenoxy) is 1. The van der Waals surface area contributed by atoms with Crippen molar-refractivity contribution in [1.29, 1.82) is 0 Å². The average molecular weight is 383 g/mol. The molecule has 1 amide bonds. The Hall–Kier alpha value is -1.88. The van der Waals surface area contributed by atoms with Crippen LogP contribution in [0.1, 0.15) is 44.1 Å². The van der Waals surface area contributed by atoms with Crippen LogP contribution in [0.15, 0.2) is 30.3 Å². The number of carbonyl (C=O) groups excluding carboxylic acids is 2. The van der Waals surface area contributed by atoms with Gasteiger partial charge in [-0.3, -0.25) is 14.5 Å². The molecule has 4 heterocycles. The van der Waals surface area contributed by atoms with Crippen LogP contribution in [0.4, 0.5) is 0 Å². The van der Waals surface area contributed by atoms with E-state index in [2.05, 4.69) is 9.80 Å². The van der Waals surface area contributed by atoms with Crippen molar-refractivity contribution in [1.82, 2.24) is 9.80 Å². The van der Waals surface area contributed by atoms with Crippen molar-refractivity contribution >= 4 is 11.9 Å². The Labute approximate surface area is 167 Å². The number of hydrogen-bond acceptors (Lipinski definition) is 4. The van der Waals surface area contributed by atoms with Crippen molar-refractivity contribution in [2.24, 2.45) is 11.8 Å². The molecule has 4 fully saturated rings. The van der Waals surface area contributed by atoms with Crippen LogP contribution in [0, 0.1) is 11.8 Å². The lowest BCUT2D eigenvalue weighted by atomic mass is 9.70. The number of amides is 1. The molecule has 5 unspecified atom stereocenters. The van der Waals surface area contributed by atoms with E-state index in [1.807, 2.05) is 30.3 Å². The number of rotatable bonds is 3. The van der Waals surface area contributed by atoms with Crippen LogP contribution < -0.4 is 0 Å². The van der Waals surface area contributed by atoms with Gasteiger partial charge >= 0.3 is 5.97 Å². The fourth-order valence-electron chi connectivity index (χ4n) is 6.15. The number of fused-ring (bicyclic) bond motifs is 6. The smallest absolute Gasteiger partial charge is 0.310 e. The largest absolute Gasteiger partial charge is 0.462 e. The molecule has 5 nitrogen and oxygen atoms in total. The topological polar surface area (TPSA) is 49.9 Å². The minimum absolute atomic E-state index is 0.0174. The Bertz CT molecular complexity index is 737. The maximum absolute atomic E-state index is 12.4. The predicted octanol–water partition coefficient (Wildman–Crippen LogP) is 2.64. The summed E-state index contributed by atoms with van der Waals surface area (Å²) in [4.78, 5) is 29.7. The Morgan fingerprint density at radius 3 is 2.71 bits per heavy atom. The lowest BCUT2D eigenvalue weighted by molar-refractivity contribution is -0.158. The summed E-state index contributed by atoms with van der Waals surface area (Å²) in [5, 5.41) is 0. The van der Waals surface area contributed by atoms with Crippen molar-refractivity contribution in [2.75, 3.05) is 19.6 Å². The molecule has 2 bridgehead atoms. The number of nitrogens with zero attached hydrogens (tertiary/aromatic N) is 2. The summed E-state index contributed by atoms with van der Waals surface area (Å²) in [6.45, 7) is 3.04. The van der Waals surface area contributed by atoms with E-state index in [1.54, 1.807) is 0 Å². The van der Waals surface area contributed by atoms with Crippen molar-refractivity contribution < 1.29 is 14.3 Å². The Morgan fingerprint density at radius 2 is 1.86 bits per heavy atom. The first-order valence-electron chi connectivity index (χ1n) is 10.9. The Morgan fingerprint density at radius 1 is 1.04 bits per heavy atom. The minimum atomic E-state index is -0.117. The molecule has 5 atom stereocenters. The molecule has 1 aromatic carbocycles. The second-order valence-corrected chi connectivity index (χ2v) is 9.12. The number of hydrogen-bond donors (Lipinski definition) is 0. The van der Waals surface area contributed by atoms with E-state index >= 15 is 0 Å². The van der Waals surface area contributed by atoms with Gasteiger partial charge in [0.15, 0.2) is 0 Å². The third-order valence-electron chi connectivity index (χ3n) is 7.41. The Balaban J connectivity index is 1.22. The van der Waals surface area contributed by atoms with Gasteiger partial charge in [0.05, 0.1) is 6.42 Å². The molecular weight excluding hydrogens is 352 g/mol. The van der Waals surface area contributed by atoms with Gasteiger partial charge in [-0.2, -0.15) is 0 Å². The van der Waals surface area contributed by atoms with Gasteiger partial charge in [0.25, 0.3) is 0 Å². The third-order valence-corrected chi connectivity index (χ3v) is 7.41. The lowest BCUT2D eigenvalue weighted by Crippen LogP contribution is -2.65. The van der Waals surface area contributed by atoms with E-state index < -0.39 is 0 Å². The van der Waals surface area contributed by atoms with Crippen LogP contribution in [0.5, 0.6) is 0 Å². The van der Waals surface area contributed by atoms with Crippen LogP contribution in [0.2, 0.25) is 0 Å². The summed E-state index contributed by atoms with van der Waals surface area (Å²) in [7, 11) is 0. The molecule has 4 saturated heterocycles. The minimum Gasteiger partial charge on any atom is -0.462 e. The highest BCUT2D eigenvalue weighted by Gasteiger charge is 2.49. The molecule has 0 N–H and O–H groups in total. The van der Waals surface area contributed by atoms with Gasteiger partial charge < -0.3 is 9.64 Å². The molecule has 4 aliphatic heterocycles. The van der Waals surface area contributed by atoms with E-state index in [1.165, 1.54) is 12.8 Å². The monoisotopic (exact) mass is 382 g/mol. The highest BCUT2D eigenvalue weighted by molar-refractivity contribution is 5.77. The Kier molecular flexibility index (Phi) is 4.87. The fourth-order valence-corrected chi connectivity index (χ4v) is 6.15. The van der Waals surface area contributed by atoms with Crippen molar-refractivity contribution in [3.63, 3.8) is 0 Å². The molecule has 0 spiro atoms. The first kappa shape index (κ1) is 18.2. The molecule has 150 valence electrons. The van der Waals surface area contributed by atoms with Gasteiger partial charge in [0, 0.05) is 44.6 Å².